The molecule has 440 valence electrons. The van der Waals surface area contributed by atoms with Crippen LogP contribution in [-0.2, 0) is 46.4 Å². The van der Waals surface area contributed by atoms with Crippen molar-refractivity contribution in [2.75, 3.05) is 102 Å². The number of carbonyl (C=O) groups excluding carboxylic acids is 4. The fourth-order valence-corrected chi connectivity index (χ4v) is 16.2. The van der Waals surface area contributed by atoms with E-state index >= 15 is 9.59 Å². The van der Waals surface area contributed by atoms with E-state index in [2.05, 4.69) is 103 Å². The maximum Gasteiger partial charge on any atom is 0.324 e. The van der Waals surface area contributed by atoms with Crippen LogP contribution >= 0.6 is 0 Å². The Morgan fingerprint density at radius 2 is 1.70 bits per heavy atom. The lowest BCUT2D eigenvalue weighted by molar-refractivity contribution is -0.156. The summed E-state index contributed by atoms with van der Waals surface area (Å²) in [5, 5.41) is 9.61. The number of piperazine rings is 1. The zero-order valence-corrected chi connectivity index (χ0v) is 49.1. The van der Waals surface area contributed by atoms with E-state index in [-0.39, 0.29) is 72.3 Å². The highest BCUT2D eigenvalue weighted by Gasteiger charge is 2.55. The number of likely N-dealkylation sites (tertiary alicyclic amines) is 2. The Labute approximate surface area is 479 Å². The van der Waals surface area contributed by atoms with Crippen molar-refractivity contribution in [2.24, 2.45) is 22.7 Å². The molecule has 18 nitrogen and oxygen atoms in total. The summed E-state index contributed by atoms with van der Waals surface area (Å²) in [6, 6.07) is 8.09. The number of esters is 1. The van der Waals surface area contributed by atoms with Gasteiger partial charge >= 0.3 is 5.97 Å². The number of morpholine rings is 1. The number of methoxy groups -OCH3 is 1. The third-order valence-electron chi connectivity index (χ3n) is 20.9. The lowest BCUT2D eigenvalue weighted by atomic mass is 9.84. The molecule has 9 fully saturated rings. The molecule has 8 aliphatic heterocycles. The number of aryl methyl sites for hydroxylation is 1. The molecule has 2 aromatic heterocycles. The fourth-order valence-electron chi connectivity index (χ4n) is 16.2. The van der Waals surface area contributed by atoms with Crippen LogP contribution in [0.15, 0.2) is 30.5 Å². The van der Waals surface area contributed by atoms with Crippen LogP contribution in [-0.4, -0.2) is 188 Å². The van der Waals surface area contributed by atoms with E-state index < -0.39 is 17.5 Å². The number of aromatic nitrogens is 2. The van der Waals surface area contributed by atoms with E-state index in [0.29, 0.717) is 63.5 Å². The van der Waals surface area contributed by atoms with E-state index in [1.54, 1.807) is 12.1 Å². The molecule has 81 heavy (non-hydrogen) atoms. The number of cyclic esters (lactones) is 1. The molecule has 1 spiro atoms. The van der Waals surface area contributed by atoms with Crippen LogP contribution < -0.4 is 25.9 Å². The molecular formula is C63H91N11O7. The third-order valence-corrected chi connectivity index (χ3v) is 20.9. The summed E-state index contributed by atoms with van der Waals surface area (Å²) >= 11 is 0. The summed E-state index contributed by atoms with van der Waals surface area (Å²) in [6.45, 7) is 18.9. The second-order valence-corrected chi connectivity index (χ2v) is 27.1. The molecule has 18 heteroatoms. The molecule has 7 saturated heterocycles. The minimum atomic E-state index is -0.900. The van der Waals surface area contributed by atoms with Gasteiger partial charge in [-0.05, 0) is 139 Å². The predicted molar refractivity (Wildman–Crippen MR) is 312 cm³/mol. The molecule has 0 radical (unpaired) electrons. The van der Waals surface area contributed by atoms with Crippen molar-refractivity contribution in [1.29, 1.82) is 0 Å². The second-order valence-electron chi connectivity index (χ2n) is 27.1. The van der Waals surface area contributed by atoms with E-state index in [0.717, 1.165) is 130 Å². The van der Waals surface area contributed by atoms with Gasteiger partial charge in [0.15, 0.2) is 0 Å². The van der Waals surface area contributed by atoms with Crippen molar-refractivity contribution in [3.63, 3.8) is 0 Å². The van der Waals surface area contributed by atoms with Gasteiger partial charge in [0.05, 0.1) is 54.7 Å². The monoisotopic (exact) mass is 1110 g/mol. The molecule has 3 amide bonds. The van der Waals surface area contributed by atoms with Gasteiger partial charge in [-0.2, -0.15) is 0 Å². The van der Waals surface area contributed by atoms with Gasteiger partial charge in [-0.3, -0.25) is 44.3 Å². The van der Waals surface area contributed by atoms with Crippen LogP contribution in [0.3, 0.4) is 0 Å². The number of fused-ring (bicyclic) bond motifs is 7. The molecule has 3 aromatic rings. The van der Waals surface area contributed by atoms with Crippen LogP contribution in [0.1, 0.15) is 135 Å². The lowest BCUT2D eigenvalue weighted by Gasteiger charge is -2.45. The molecule has 13 rings (SSSR count). The first-order valence-corrected chi connectivity index (χ1v) is 31.6. The van der Waals surface area contributed by atoms with Gasteiger partial charge in [0.2, 0.25) is 11.8 Å². The number of pyridine rings is 1. The Balaban J connectivity index is 0.812. The number of ether oxygens (including phenoxy) is 3. The maximum absolute atomic E-state index is 15.3. The number of benzene rings is 1. The van der Waals surface area contributed by atoms with Crippen LogP contribution in [0.2, 0.25) is 0 Å². The Kier molecular flexibility index (Phi) is 15.5. The van der Waals surface area contributed by atoms with E-state index in [9.17, 15) is 9.59 Å². The zero-order chi connectivity index (χ0) is 55.7. The van der Waals surface area contributed by atoms with Crippen LogP contribution in [0.25, 0.3) is 22.2 Å². The largest absolute Gasteiger partial charge is 0.464 e. The smallest absolute Gasteiger partial charge is 0.324 e. The third kappa shape index (κ3) is 11.1. The van der Waals surface area contributed by atoms with Gasteiger partial charge in [0, 0.05) is 124 Å². The van der Waals surface area contributed by atoms with Crippen LogP contribution in [0, 0.1) is 22.7 Å². The van der Waals surface area contributed by atoms with Crippen molar-refractivity contribution in [3.05, 3.63) is 41.7 Å². The summed E-state index contributed by atoms with van der Waals surface area (Å²) < 4.78 is 21.5. The Hall–Kier alpha value is -4.85. The molecule has 1 aromatic carbocycles. The standard InChI is InChI=1S/C63H91N11O7/c1-6-73-52-19-18-43-30-47(52)49(57(73)48-31-45(34-64-53(48)40(2)79-5)69-27-26-68-22-10-9-14-44(68)35-69)33-62(3,4)39-81-61(78)50-15-11-23-74(67-50)59(76)51(32-46-36-70(43)28-29-80-46)65-58(75)56(42-12-7-8-13-42)71-24-20-63(37-71)21-25-72(38-63)60(77)55-54(66-55)41-16-17-41/h18-19,30-31,34,40-42,44,46,50-51,54-56,66-67H,6-17,20-29,32-33,35-39H2,1-5H3,(H,65,75)/t40-,44+,46-,50-,51-,54?,55+,56?,63-/m0/s1. The Morgan fingerprint density at radius 1 is 0.889 bits per heavy atom. The number of nitrogens with zero attached hydrogens (tertiary/aromatic N) is 8. The first-order valence-electron chi connectivity index (χ1n) is 31.6. The first-order chi connectivity index (χ1) is 39.3. The molecule has 2 aliphatic carbocycles. The number of carbonyl (C=O) groups is 4. The first kappa shape index (κ1) is 55.3. The molecular weight excluding hydrogens is 1020 g/mol. The number of amides is 3. The van der Waals surface area contributed by atoms with Gasteiger partial charge in [-0.1, -0.05) is 33.1 Å². The summed E-state index contributed by atoms with van der Waals surface area (Å²) in [4.78, 5) is 75.9. The number of hydrogen-bond acceptors (Lipinski definition) is 14. The summed E-state index contributed by atoms with van der Waals surface area (Å²) in [5.74, 6) is 0.349. The van der Waals surface area contributed by atoms with Gasteiger partial charge in [-0.15, -0.1) is 0 Å². The number of piperidine rings is 1. The summed E-state index contributed by atoms with van der Waals surface area (Å²) in [7, 11) is 1.76. The molecule has 3 N–H and O–H groups in total. The van der Waals surface area contributed by atoms with Gasteiger partial charge < -0.3 is 38.8 Å². The van der Waals surface area contributed by atoms with Crippen molar-refractivity contribution >= 4 is 46.0 Å². The van der Waals surface area contributed by atoms with Gasteiger partial charge in [0.25, 0.3) is 5.91 Å². The highest BCUT2D eigenvalue weighted by atomic mass is 16.5. The molecule has 9 atom stereocenters. The Morgan fingerprint density at radius 3 is 2.52 bits per heavy atom. The van der Waals surface area contributed by atoms with Crippen molar-refractivity contribution in [2.45, 2.75) is 179 Å². The normalized spacial score (nSPS) is 31.3. The number of hydrogen-bond donors (Lipinski definition) is 3. The quantitative estimate of drug-likeness (QED) is 0.150. The number of hydrazine groups is 1. The highest BCUT2D eigenvalue weighted by molar-refractivity contribution is 5.95. The number of anilines is 2. The fraction of sp³-hybridized carbons (Fsp3) is 0.730. The summed E-state index contributed by atoms with van der Waals surface area (Å²) in [5.41, 5.74) is 10.4. The van der Waals surface area contributed by atoms with E-state index in [1.807, 2.05) is 0 Å². The minimum Gasteiger partial charge on any atom is -0.464 e. The average molecular weight is 1110 g/mol. The zero-order valence-electron chi connectivity index (χ0n) is 49.1. The molecule has 6 bridgehead atoms. The van der Waals surface area contributed by atoms with Gasteiger partial charge in [0.1, 0.15) is 18.1 Å². The topological polar surface area (TPSA) is 179 Å². The maximum atomic E-state index is 15.3. The summed E-state index contributed by atoms with van der Waals surface area (Å²) in [6.07, 6.45) is 15.7. The second kappa shape index (κ2) is 22.6. The SMILES string of the molecule is CCn1c(-c2cc(N3CCN4CCCC[C@@H]4C3)cnc2[C@H](C)OC)c2c3cc(ccc31)N1CCO[C@@H](C[C@H](NC(=O)C(C3CCCC3)N3CC[C@]4(CCN(C(=O)[C@@H]5NC5C5CC5)C4)C3)C(=O)N3CCC[C@H](N3)C(=O)OCC(C)(C)C2)C1. The van der Waals surface area contributed by atoms with Crippen LogP contribution in [0.4, 0.5) is 11.4 Å². The number of rotatable bonds is 11. The molecule has 10 heterocycles. The van der Waals surface area contributed by atoms with Crippen molar-refractivity contribution in [1.82, 2.24) is 45.3 Å². The van der Waals surface area contributed by atoms with Crippen molar-refractivity contribution in [3.8, 4) is 11.3 Å². The highest BCUT2D eigenvalue weighted by Crippen LogP contribution is 2.47. The predicted octanol–water partition coefficient (Wildman–Crippen LogP) is 6.04. The van der Waals surface area contributed by atoms with E-state index in [1.165, 1.54) is 44.2 Å². The van der Waals surface area contributed by atoms with Crippen molar-refractivity contribution < 1.29 is 33.4 Å². The van der Waals surface area contributed by atoms with Gasteiger partial charge in [-0.25, -0.2) is 5.43 Å². The number of nitrogens with one attached hydrogen (secondary N) is 3. The Bertz CT molecular complexity index is 2850. The minimum absolute atomic E-state index is 0.0256. The molecule has 2 unspecified atom stereocenters. The molecule has 2 saturated carbocycles. The lowest BCUT2D eigenvalue weighted by Crippen LogP contribution is -2.62. The molecule has 10 aliphatic rings. The van der Waals surface area contributed by atoms with E-state index in [4.69, 9.17) is 19.2 Å². The van der Waals surface area contributed by atoms with Crippen LogP contribution in [0.5, 0.6) is 0 Å². The average Bonchev–Trinajstić information content (AvgIpc) is 4.16.